The molecule has 0 heterocycles. The maximum Gasteiger partial charge on any atom is 0.509 e. The van der Waals surface area contributed by atoms with Crippen molar-refractivity contribution in [2.75, 3.05) is 0 Å². The van der Waals surface area contributed by atoms with Gasteiger partial charge in [0.05, 0.1) is 0 Å². The molecule has 0 aromatic carbocycles. The molecule has 1 rings (SSSR count). The van der Waals surface area contributed by atoms with Gasteiger partial charge in [-0.3, -0.25) is 0 Å². The van der Waals surface area contributed by atoms with Crippen molar-refractivity contribution in [3.63, 3.8) is 0 Å². The Morgan fingerprint density at radius 3 is 2.79 bits per heavy atom. The Bertz CT molecular complexity index is 194. The van der Waals surface area contributed by atoms with E-state index < -0.39 is 6.16 Å². The number of hydrogen-bond acceptors (Lipinski definition) is 3. The fraction of sp³-hybridized carbons (Fsp3) is 0.900. The first-order valence-electron chi connectivity index (χ1n) is 5.09. The molecule has 0 N–H and O–H groups in total. The molecule has 1 aliphatic rings. The van der Waals surface area contributed by atoms with E-state index in [4.69, 9.17) is 9.47 Å². The molecular weight excluding hydrogens is 248 g/mol. The Kier molecular flexibility index (Phi) is 4.72. The van der Waals surface area contributed by atoms with Crippen molar-refractivity contribution in [3.05, 3.63) is 0 Å². The summed E-state index contributed by atoms with van der Waals surface area (Å²) in [6, 6.07) is 0. The van der Waals surface area contributed by atoms with Crippen LogP contribution >= 0.6 is 15.9 Å². The highest BCUT2D eigenvalue weighted by Gasteiger charge is 2.23. The van der Waals surface area contributed by atoms with Crippen molar-refractivity contribution in [1.82, 2.24) is 0 Å². The topological polar surface area (TPSA) is 35.5 Å². The van der Waals surface area contributed by atoms with Crippen LogP contribution in [0.3, 0.4) is 0 Å². The van der Waals surface area contributed by atoms with Gasteiger partial charge in [0.2, 0.25) is 0 Å². The highest BCUT2D eigenvalue weighted by atomic mass is 79.9. The second kappa shape index (κ2) is 5.59. The third-order valence-electron chi connectivity index (χ3n) is 2.41. The normalized spacial score (nSPS) is 29.4. The SMILES string of the molecule is CC1CCCC(OC(=O)OC(C)Br)C1. The van der Waals surface area contributed by atoms with E-state index in [0.29, 0.717) is 5.92 Å². The summed E-state index contributed by atoms with van der Waals surface area (Å²) in [5.74, 6) is 0.656. The van der Waals surface area contributed by atoms with Gasteiger partial charge in [0.25, 0.3) is 0 Å². The average molecular weight is 265 g/mol. The third kappa shape index (κ3) is 4.31. The lowest BCUT2D eigenvalue weighted by Gasteiger charge is -2.26. The maximum absolute atomic E-state index is 11.2. The van der Waals surface area contributed by atoms with Crippen LogP contribution in [0.1, 0.15) is 39.5 Å². The zero-order valence-corrected chi connectivity index (χ0v) is 10.2. The van der Waals surface area contributed by atoms with Crippen LogP contribution < -0.4 is 0 Å². The quantitative estimate of drug-likeness (QED) is 0.566. The fourth-order valence-electron chi connectivity index (χ4n) is 1.78. The molecule has 4 heteroatoms. The molecular formula is C10H17BrO3. The number of alkyl halides is 1. The van der Waals surface area contributed by atoms with Crippen LogP contribution in [0.2, 0.25) is 0 Å². The van der Waals surface area contributed by atoms with Gasteiger partial charge >= 0.3 is 6.16 Å². The summed E-state index contributed by atoms with van der Waals surface area (Å²) in [6.45, 7) is 3.93. The van der Waals surface area contributed by atoms with Crippen LogP contribution in [0, 0.1) is 5.92 Å². The van der Waals surface area contributed by atoms with E-state index in [1.807, 2.05) is 0 Å². The van der Waals surface area contributed by atoms with Gasteiger partial charge < -0.3 is 9.47 Å². The van der Waals surface area contributed by atoms with E-state index in [1.165, 1.54) is 6.42 Å². The number of rotatable bonds is 2. The monoisotopic (exact) mass is 264 g/mol. The predicted molar refractivity (Wildman–Crippen MR) is 57.4 cm³/mol. The molecule has 0 aliphatic heterocycles. The zero-order valence-electron chi connectivity index (χ0n) is 8.66. The molecule has 1 saturated carbocycles. The summed E-state index contributed by atoms with van der Waals surface area (Å²) < 4.78 is 10.0. The lowest BCUT2D eigenvalue weighted by atomic mass is 9.89. The molecule has 0 spiro atoms. The first kappa shape index (κ1) is 11.8. The molecule has 14 heavy (non-hydrogen) atoms. The van der Waals surface area contributed by atoms with Crippen LogP contribution in [-0.4, -0.2) is 17.3 Å². The zero-order chi connectivity index (χ0) is 10.6. The minimum absolute atomic E-state index is 0.0532. The van der Waals surface area contributed by atoms with Gasteiger partial charge in [-0.2, -0.15) is 0 Å². The van der Waals surface area contributed by atoms with Crippen LogP contribution in [-0.2, 0) is 9.47 Å². The number of carbonyl (C=O) groups is 1. The second-order valence-electron chi connectivity index (χ2n) is 3.92. The molecule has 1 fully saturated rings. The van der Waals surface area contributed by atoms with Crippen molar-refractivity contribution < 1.29 is 14.3 Å². The van der Waals surface area contributed by atoms with Gasteiger partial charge in [-0.15, -0.1) is 0 Å². The number of hydrogen-bond donors (Lipinski definition) is 0. The van der Waals surface area contributed by atoms with Crippen LogP contribution in [0.5, 0.6) is 0 Å². The van der Waals surface area contributed by atoms with Crippen molar-refractivity contribution in [3.8, 4) is 0 Å². The fourth-order valence-corrected chi connectivity index (χ4v) is 1.93. The predicted octanol–water partition coefficient (Wildman–Crippen LogP) is 3.46. The minimum atomic E-state index is -0.562. The Balaban J connectivity index is 2.25. The van der Waals surface area contributed by atoms with Gasteiger partial charge in [0.1, 0.15) is 6.10 Å². The van der Waals surface area contributed by atoms with E-state index in [2.05, 4.69) is 22.9 Å². The first-order chi connectivity index (χ1) is 6.58. The molecule has 0 radical (unpaired) electrons. The summed E-state index contributed by atoms with van der Waals surface area (Å²) in [5, 5.41) is -0.281. The van der Waals surface area contributed by atoms with E-state index >= 15 is 0 Å². The number of halogens is 1. The maximum atomic E-state index is 11.2. The Labute approximate surface area is 93.3 Å². The molecule has 3 unspecified atom stereocenters. The standard InChI is InChI=1S/C10H17BrO3/c1-7-4-3-5-9(6-7)14-10(12)13-8(2)11/h7-9H,3-6H2,1-2H3. The molecule has 3 nitrogen and oxygen atoms in total. The molecule has 0 saturated heterocycles. The highest BCUT2D eigenvalue weighted by molar-refractivity contribution is 9.09. The number of carbonyl (C=O) groups excluding carboxylic acids is 1. The summed E-state index contributed by atoms with van der Waals surface area (Å²) >= 11 is 3.13. The van der Waals surface area contributed by atoms with Gasteiger partial charge in [0.15, 0.2) is 5.01 Å². The molecule has 3 atom stereocenters. The van der Waals surface area contributed by atoms with E-state index in [9.17, 15) is 4.79 Å². The molecule has 0 amide bonds. The van der Waals surface area contributed by atoms with Gasteiger partial charge in [-0.25, -0.2) is 4.79 Å². The van der Waals surface area contributed by atoms with E-state index in [1.54, 1.807) is 6.92 Å². The molecule has 0 aromatic rings. The van der Waals surface area contributed by atoms with Crippen LogP contribution in [0.25, 0.3) is 0 Å². The highest BCUT2D eigenvalue weighted by Crippen LogP contribution is 2.26. The Morgan fingerprint density at radius 2 is 2.21 bits per heavy atom. The van der Waals surface area contributed by atoms with Crippen molar-refractivity contribution in [1.29, 1.82) is 0 Å². The molecule has 0 aromatic heterocycles. The second-order valence-corrected chi connectivity index (χ2v) is 5.21. The lowest BCUT2D eigenvalue weighted by molar-refractivity contribution is 0.00272. The van der Waals surface area contributed by atoms with E-state index in [-0.39, 0.29) is 11.1 Å². The Morgan fingerprint density at radius 1 is 1.50 bits per heavy atom. The van der Waals surface area contributed by atoms with Gasteiger partial charge in [0, 0.05) is 0 Å². The van der Waals surface area contributed by atoms with Gasteiger partial charge in [-0.1, -0.05) is 13.3 Å². The molecule has 82 valence electrons. The Hall–Kier alpha value is -0.250. The van der Waals surface area contributed by atoms with Crippen molar-refractivity contribution in [2.24, 2.45) is 5.92 Å². The van der Waals surface area contributed by atoms with Crippen molar-refractivity contribution >= 4 is 22.1 Å². The largest absolute Gasteiger partial charge is 0.509 e. The van der Waals surface area contributed by atoms with Crippen LogP contribution in [0.15, 0.2) is 0 Å². The summed E-state index contributed by atoms with van der Waals surface area (Å²) in [6.07, 6.45) is 3.81. The number of ether oxygens (including phenoxy) is 2. The smallest absolute Gasteiger partial charge is 0.431 e. The minimum Gasteiger partial charge on any atom is -0.431 e. The van der Waals surface area contributed by atoms with Crippen molar-refractivity contribution in [2.45, 2.75) is 50.6 Å². The molecule has 0 bridgehead atoms. The van der Waals surface area contributed by atoms with E-state index in [0.717, 1.165) is 19.3 Å². The average Bonchev–Trinajstić information content (AvgIpc) is 2.01. The first-order valence-corrected chi connectivity index (χ1v) is 6.01. The van der Waals surface area contributed by atoms with Gasteiger partial charge in [-0.05, 0) is 48.0 Å². The van der Waals surface area contributed by atoms with Crippen LogP contribution in [0.4, 0.5) is 4.79 Å². The molecule has 1 aliphatic carbocycles. The summed E-state index contributed by atoms with van der Waals surface area (Å²) in [4.78, 5) is 11.2. The summed E-state index contributed by atoms with van der Waals surface area (Å²) in [7, 11) is 0. The third-order valence-corrected chi connectivity index (χ3v) is 2.60. The summed E-state index contributed by atoms with van der Waals surface area (Å²) in [5.41, 5.74) is 0. The lowest BCUT2D eigenvalue weighted by Crippen LogP contribution is -2.25.